The summed E-state index contributed by atoms with van der Waals surface area (Å²) in [4.78, 5) is 28.5. The number of rotatable bonds is 5. The van der Waals surface area contributed by atoms with Crippen molar-refractivity contribution in [2.75, 3.05) is 17.3 Å². The number of nitrogens with one attached hydrogen (secondary N) is 1. The van der Waals surface area contributed by atoms with Crippen LogP contribution in [-0.2, 0) is 9.59 Å². The zero-order valence-electron chi connectivity index (χ0n) is 15.4. The number of methoxy groups -OCH3 is 1. The fourth-order valence-electron chi connectivity index (χ4n) is 3.15. The van der Waals surface area contributed by atoms with E-state index >= 15 is 0 Å². The van der Waals surface area contributed by atoms with E-state index in [0.717, 1.165) is 10.4 Å². The molecule has 0 atom stereocenters. The van der Waals surface area contributed by atoms with Gasteiger partial charge in [0, 0.05) is 10.6 Å². The number of para-hydroxylation sites is 1. The van der Waals surface area contributed by atoms with Gasteiger partial charge in [0.25, 0.3) is 11.8 Å². The number of ether oxygens (including phenoxy) is 1. The molecule has 3 aromatic rings. The van der Waals surface area contributed by atoms with Crippen molar-refractivity contribution in [1.29, 1.82) is 0 Å². The predicted molar refractivity (Wildman–Crippen MR) is 112 cm³/mol. The van der Waals surface area contributed by atoms with Gasteiger partial charge in [-0.2, -0.15) is 0 Å². The highest BCUT2D eigenvalue weighted by Crippen LogP contribution is 2.36. The number of nitrogens with zero attached hydrogens (tertiary/aromatic N) is 1. The van der Waals surface area contributed by atoms with Crippen molar-refractivity contribution in [3.05, 3.63) is 82.2 Å². The predicted octanol–water partition coefficient (Wildman–Crippen LogP) is 4.46. The van der Waals surface area contributed by atoms with E-state index in [4.69, 9.17) is 4.74 Å². The molecule has 0 bridgehead atoms. The Morgan fingerprint density at radius 3 is 2.32 bits per heavy atom. The number of hydrogen-bond donors (Lipinski definition) is 1. The second kappa shape index (κ2) is 7.32. The van der Waals surface area contributed by atoms with E-state index in [1.54, 1.807) is 25.3 Å². The lowest BCUT2D eigenvalue weighted by atomic mass is 10.1. The van der Waals surface area contributed by atoms with Gasteiger partial charge in [0.2, 0.25) is 0 Å². The molecule has 140 valence electrons. The largest absolute Gasteiger partial charge is 0.497 e. The van der Waals surface area contributed by atoms with E-state index in [2.05, 4.69) is 5.32 Å². The molecule has 1 aliphatic heterocycles. The minimum atomic E-state index is -0.362. The Morgan fingerprint density at radius 1 is 0.929 bits per heavy atom. The topological polar surface area (TPSA) is 58.6 Å². The molecule has 0 spiro atoms. The van der Waals surface area contributed by atoms with Crippen molar-refractivity contribution in [1.82, 2.24) is 0 Å². The zero-order chi connectivity index (χ0) is 19.7. The van der Waals surface area contributed by atoms with Gasteiger partial charge in [-0.3, -0.25) is 9.59 Å². The Labute approximate surface area is 166 Å². The molecule has 2 heterocycles. The Bertz CT molecular complexity index is 1070. The Kier molecular flexibility index (Phi) is 4.71. The summed E-state index contributed by atoms with van der Waals surface area (Å²) in [6.07, 6.45) is 0. The summed E-state index contributed by atoms with van der Waals surface area (Å²) in [5.41, 5.74) is 2.83. The van der Waals surface area contributed by atoms with Gasteiger partial charge in [-0.05, 0) is 54.3 Å². The third-order valence-corrected chi connectivity index (χ3v) is 5.45. The molecule has 0 unspecified atom stereocenters. The summed E-state index contributed by atoms with van der Waals surface area (Å²) in [5, 5.41) is 5.04. The maximum atomic E-state index is 13.3. The molecule has 0 fully saturated rings. The van der Waals surface area contributed by atoms with E-state index in [0.29, 0.717) is 22.7 Å². The van der Waals surface area contributed by atoms with Crippen LogP contribution in [0.3, 0.4) is 0 Å². The summed E-state index contributed by atoms with van der Waals surface area (Å²) < 4.78 is 5.18. The van der Waals surface area contributed by atoms with Gasteiger partial charge in [0.1, 0.15) is 11.4 Å². The van der Waals surface area contributed by atoms with Crippen LogP contribution in [0.4, 0.5) is 11.4 Å². The summed E-state index contributed by atoms with van der Waals surface area (Å²) in [6, 6.07) is 18.3. The molecule has 1 aliphatic rings. The van der Waals surface area contributed by atoms with Crippen molar-refractivity contribution in [2.24, 2.45) is 0 Å². The highest BCUT2D eigenvalue weighted by atomic mass is 32.1. The minimum Gasteiger partial charge on any atom is -0.497 e. The summed E-state index contributed by atoms with van der Waals surface area (Å²) in [7, 11) is 1.60. The Hall–Kier alpha value is -3.38. The second-order valence-corrected chi connectivity index (χ2v) is 7.26. The molecule has 2 aromatic carbocycles. The molecule has 5 nitrogen and oxygen atoms in total. The lowest BCUT2D eigenvalue weighted by Crippen LogP contribution is -2.32. The maximum absolute atomic E-state index is 13.3. The Balaban J connectivity index is 1.78. The first-order valence-corrected chi connectivity index (χ1v) is 9.61. The molecule has 1 N–H and O–H groups in total. The van der Waals surface area contributed by atoms with Crippen molar-refractivity contribution >= 4 is 40.1 Å². The fourth-order valence-corrected chi connectivity index (χ4v) is 3.91. The van der Waals surface area contributed by atoms with E-state index in [1.165, 1.54) is 16.2 Å². The van der Waals surface area contributed by atoms with Crippen molar-refractivity contribution in [2.45, 2.75) is 6.92 Å². The van der Waals surface area contributed by atoms with E-state index < -0.39 is 0 Å². The summed E-state index contributed by atoms with van der Waals surface area (Å²) >= 11 is 1.43. The number of hydrogen-bond acceptors (Lipinski definition) is 5. The second-order valence-electron chi connectivity index (χ2n) is 6.31. The molecular weight excluding hydrogens is 372 g/mol. The highest BCUT2D eigenvalue weighted by Gasteiger charge is 2.41. The van der Waals surface area contributed by atoms with Gasteiger partial charge < -0.3 is 10.1 Å². The quantitative estimate of drug-likeness (QED) is 0.654. The van der Waals surface area contributed by atoms with E-state index in [-0.39, 0.29) is 17.5 Å². The standard InChI is InChI=1S/C22H18N2O3S/c1-14-6-3-4-7-17(14)24-21(25)19(18-8-5-13-28-18)20(22(24)26)23-15-9-11-16(27-2)12-10-15/h3-13,23H,1-2H3. The number of aryl methyl sites for hydroxylation is 1. The number of amides is 2. The smallest absolute Gasteiger partial charge is 0.282 e. The fraction of sp³-hybridized carbons (Fsp3) is 0.0909. The number of anilines is 2. The lowest BCUT2D eigenvalue weighted by molar-refractivity contribution is -0.120. The molecule has 28 heavy (non-hydrogen) atoms. The first-order chi connectivity index (χ1) is 13.6. The lowest BCUT2D eigenvalue weighted by Gasteiger charge is -2.17. The first-order valence-electron chi connectivity index (χ1n) is 8.74. The molecule has 1 aromatic heterocycles. The number of benzene rings is 2. The molecule has 0 aliphatic carbocycles. The van der Waals surface area contributed by atoms with E-state index in [1.807, 2.05) is 54.8 Å². The van der Waals surface area contributed by atoms with Crippen LogP contribution < -0.4 is 15.0 Å². The SMILES string of the molecule is COc1ccc(NC2=C(c3cccs3)C(=O)N(c3ccccc3C)C2=O)cc1. The van der Waals surface area contributed by atoms with Crippen molar-refractivity contribution in [3.63, 3.8) is 0 Å². The van der Waals surface area contributed by atoms with Crippen LogP contribution in [0, 0.1) is 6.92 Å². The molecule has 0 radical (unpaired) electrons. The van der Waals surface area contributed by atoms with Gasteiger partial charge in [-0.15, -0.1) is 11.3 Å². The first kappa shape index (κ1) is 18.0. The van der Waals surface area contributed by atoms with Crippen LogP contribution >= 0.6 is 11.3 Å². The van der Waals surface area contributed by atoms with Crippen LogP contribution in [0.2, 0.25) is 0 Å². The van der Waals surface area contributed by atoms with Crippen LogP contribution in [0.1, 0.15) is 10.4 Å². The normalized spacial score (nSPS) is 14.0. The van der Waals surface area contributed by atoms with Crippen LogP contribution in [0.25, 0.3) is 5.57 Å². The van der Waals surface area contributed by atoms with Crippen LogP contribution in [0.5, 0.6) is 5.75 Å². The van der Waals surface area contributed by atoms with Crippen molar-refractivity contribution < 1.29 is 14.3 Å². The summed E-state index contributed by atoms with van der Waals surface area (Å²) in [6.45, 7) is 1.88. The van der Waals surface area contributed by atoms with Gasteiger partial charge in [-0.1, -0.05) is 24.3 Å². The molecular formula is C22H18N2O3S. The van der Waals surface area contributed by atoms with Crippen LogP contribution in [-0.4, -0.2) is 18.9 Å². The number of thiophene rings is 1. The minimum absolute atomic E-state index is 0.279. The zero-order valence-corrected chi connectivity index (χ0v) is 16.2. The molecule has 6 heteroatoms. The third kappa shape index (κ3) is 3.08. The van der Waals surface area contributed by atoms with Crippen molar-refractivity contribution in [3.8, 4) is 5.75 Å². The molecule has 0 saturated heterocycles. The van der Waals surface area contributed by atoms with Gasteiger partial charge in [0.15, 0.2) is 0 Å². The Morgan fingerprint density at radius 2 is 1.68 bits per heavy atom. The number of imide groups is 1. The average Bonchev–Trinajstić information content (AvgIpc) is 3.31. The van der Waals surface area contributed by atoms with Gasteiger partial charge >= 0.3 is 0 Å². The maximum Gasteiger partial charge on any atom is 0.282 e. The molecule has 4 rings (SSSR count). The highest BCUT2D eigenvalue weighted by molar-refractivity contribution is 7.11. The van der Waals surface area contributed by atoms with Crippen LogP contribution in [0.15, 0.2) is 71.7 Å². The monoisotopic (exact) mass is 390 g/mol. The molecule has 0 saturated carbocycles. The summed E-state index contributed by atoms with van der Waals surface area (Å²) in [5.74, 6) is 0.0321. The van der Waals surface area contributed by atoms with Gasteiger partial charge in [0.05, 0.1) is 18.4 Å². The molecule has 2 amide bonds. The average molecular weight is 390 g/mol. The number of carbonyl (C=O) groups excluding carboxylic acids is 2. The number of carbonyl (C=O) groups is 2. The van der Waals surface area contributed by atoms with Gasteiger partial charge in [-0.25, -0.2) is 4.90 Å². The van der Waals surface area contributed by atoms with E-state index in [9.17, 15) is 9.59 Å². The third-order valence-electron chi connectivity index (χ3n) is 4.57.